The molecular formula is C31H48N2O. The predicted octanol–water partition coefficient (Wildman–Crippen LogP) is 7.35. The van der Waals surface area contributed by atoms with Crippen LogP contribution in [0.4, 0.5) is 0 Å². The maximum atomic E-state index is 11.1. The van der Waals surface area contributed by atoms with Gasteiger partial charge in [-0.15, -0.1) is 0 Å². The van der Waals surface area contributed by atoms with Crippen molar-refractivity contribution in [2.45, 2.75) is 110 Å². The molecule has 1 aliphatic heterocycles. The van der Waals surface area contributed by atoms with Gasteiger partial charge in [0.2, 0.25) is 0 Å². The molecule has 3 nitrogen and oxygen atoms in total. The summed E-state index contributed by atoms with van der Waals surface area (Å²) in [5.74, 6) is 5.58. The Morgan fingerprint density at radius 1 is 1.06 bits per heavy atom. The zero-order valence-electron chi connectivity index (χ0n) is 22.2. The van der Waals surface area contributed by atoms with Gasteiger partial charge in [0.05, 0.1) is 5.60 Å². The van der Waals surface area contributed by atoms with Gasteiger partial charge in [-0.25, -0.2) is 0 Å². The summed E-state index contributed by atoms with van der Waals surface area (Å²) in [6, 6.07) is 2.22. The standard InChI is InChI=1S/C31H48N2O/c1-5-31(34)16-15-29(3)23(19-31)7-9-25-27-11-10-26(30(27,4)14-12-28(25)29)21(2)18-22-6-8-24(20-32)33-17-13-22/h6,8,21-23,25-28,34H,5,7,9-19H2,1-4H3/t21?,22?,23-,25+,26-,27+,28+,29+,30-,31-/m1/s1. The van der Waals surface area contributed by atoms with Crippen LogP contribution >= 0.6 is 0 Å². The molecule has 0 radical (unpaired) electrons. The van der Waals surface area contributed by atoms with Crippen LogP contribution in [-0.4, -0.2) is 23.0 Å². The molecule has 5 rings (SSSR count). The average Bonchev–Trinajstić information content (AvgIpc) is 3.02. The minimum Gasteiger partial charge on any atom is -0.390 e. The van der Waals surface area contributed by atoms with E-state index in [1.54, 1.807) is 0 Å². The number of hydrogen-bond donors (Lipinski definition) is 1. The first kappa shape index (κ1) is 24.5. The minimum absolute atomic E-state index is 0.389. The van der Waals surface area contributed by atoms with Gasteiger partial charge in [0.15, 0.2) is 0 Å². The highest BCUT2D eigenvalue weighted by molar-refractivity contribution is 6.07. The van der Waals surface area contributed by atoms with E-state index in [4.69, 9.17) is 0 Å². The van der Waals surface area contributed by atoms with Crippen LogP contribution in [0.1, 0.15) is 105 Å². The van der Waals surface area contributed by atoms with E-state index in [0.29, 0.717) is 22.5 Å². The van der Waals surface area contributed by atoms with E-state index < -0.39 is 0 Å². The Balaban J connectivity index is 1.28. The van der Waals surface area contributed by atoms with E-state index in [9.17, 15) is 10.4 Å². The SMILES string of the molecule is CC[C@@]1(O)CC[C@@]2(C)[C@H](CC[C@@H]3[C@@H]2CC[C@]2(C)[C@@H](C(C)CC4C=CC(C#N)=NCC4)CC[C@@H]32)C1. The number of fused-ring (bicyclic) bond motifs is 5. The van der Waals surface area contributed by atoms with Gasteiger partial charge in [-0.1, -0.05) is 33.8 Å². The van der Waals surface area contributed by atoms with E-state index >= 15 is 0 Å². The third-order valence-electron chi connectivity index (χ3n) is 12.3. The normalized spacial score (nSPS) is 49.1. The Bertz CT molecular complexity index is 871. The number of nitrogens with zero attached hydrogens (tertiary/aromatic N) is 2. The molecule has 34 heavy (non-hydrogen) atoms. The Morgan fingerprint density at radius 2 is 1.85 bits per heavy atom. The zero-order chi connectivity index (χ0) is 24.1. The summed E-state index contributed by atoms with van der Waals surface area (Å²) >= 11 is 0. The zero-order valence-corrected chi connectivity index (χ0v) is 22.2. The number of aliphatic imine (C=N–C) groups is 1. The van der Waals surface area contributed by atoms with Gasteiger partial charge in [0.25, 0.3) is 0 Å². The first-order chi connectivity index (χ1) is 16.2. The quantitative estimate of drug-likeness (QED) is 0.473. The van der Waals surface area contributed by atoms with Crippen molar-refractivity contribution in [1.82, 2.24) is 0 Å². The molecule has 0 bridgehead atoms. The lowest BCUT2D eigenvalue weighted by Gasteiger charge is -2.62. The highest BCUT2D eigenvalue weighted by atomic mass is 16.3. The maximum Gasteiger partial charge on any atom is 0.134 e. The largest absolute Gasteiger partial charge is 0.390 e. The summed E-state index contributed by atoms with van der Waals surface area (Å²) in [5, 5.41) is 20.3. The van der Waals surface area contributed by atoms with Gasteiger partial charge in [-0.3, -0.25) is 4.99 Å². The van der Waals surface area contributed by atoms with Crippen molar-refractivity contribution in [2.75, 3.05) is 6.54 Å². The van der Waals surface area contributed by atoms with Crippen LogP contribution in [0.15, 0.2) is 17.1 Å². The van der Waals surface area contributed by atoms with Crippen molar-refractivity contribution in [2.24, 2.45) is 57.2 Å². The van der Waals surface area contributed by atoms with Crippen molar-refractivity contribution < 1.29 is 5.11 Å². The molecular weight excluding hydrogens is 416 g/mol. The van der Waals surface area contributed by atoms with Crippen LogP contribution in [0.5, 0.6) is 0 Å². The molecule has 4 fully saturated rings. The Labute approximate surface area is 208 Å². The van der Waals surface area contributed by atoms with Crippen LogP contribution in [0.25, 0.3) is 0 Å². The average molecular weight is 465 g/mol. The monoisotopic (exact) mass is 464 g/mol. The highest BCUT2D eigenvalue weighted by Crippen LogP contribution is 2.69. The summed E-state index contributed by atoms with van der Waals surface area (Å²) in [4.78, 5) is 4.43. The molecule has 0 aromatic rings. The first-order valence-corrected chi connectivity index (χ1v) is 14.6. The van der Waals surface area contributed by atoms with E-state index in [0.717, 1.165) is 67.7 Å². The molecule has 4 saturated carbocycles. The molecule has 10 atom stereocenters. The second-order valence-electron chi connectivity index (χ2n) is 13.7. The summed E-state index contributed by atoms with van der Waals surface area (Å²) in [7, 11) is 0. The molecule has 0 saturated heterocycles. The first-order valence-electron chi connectivity index (χ1n) is 14.6. The lowest BCUT2D eigenvalue weighted by atomic mass is 9.43. The summed E-state index contributed by atoms with van der Waals surface area (Å²) < 4.78 is 0. The lowest BCUT2D eigenvalue weighted by Crippen LogP contribution is -2.56. The molecule has 1 heterocycles. The molecule has 2 unspecified atom stereocenters. The third-order valence-corrected chi connectivity index (χ3v) is 12.3. The van der Waals surface area contributed by atoms with Crippen molar-refractivity contribution in [3.8, 4) is 6.07 Å². The van der Waals surface area contributed by atoms with Crippen LogP contribution < -0.4 is 0 Å². The van der Waals surface area contributed by atoms with Crippen molar-refractivity contribution >= 4 is 5.71 Å². The van der Waals surface area contributed by atoms with E-state index in [1.807, 2.05) is 6.08 Å². The van der Waals surface area contributed by atoms with Crippen LogP contribution in [0.3, 0.4) is 0 Å². The Morgan fingerprint density at radius 3 is 2.62 bits per heavy atom. The molecule has 0 amide bonds. The van der Waals surface area contributed by atoms with E-state index in [2.05, 4.69) is 44.8 Å². The van der Waals surface area contributed by atoms with Gasteiger partial charge in [0.1, 0.15) is 11.8 Å². The van der Waals surface area contributed by atoms with Crippen LogP contribution in [0.2, 0.25) is 0 Å². The summed E-state index contributed by atoms with van der Waals surface area (Å²) in [5.41, 5.74) is 1.18. The second-order valence-corrected chi connectivity index (χ2v) is 13.7. The number of hydrogen-bond acceptors (Lipinski definition) is 3. The van der Waals surface area contributed by atoms with Crippen molar-refractivity contribution in [3.63, 3.8) is 0 Å². The number of rotatable bonds is 4. The van der Waals surface area contributed by atoms with Crippen LogP contribution in [0, 0.1) is 63.6 Å². The predicted molar refractivity (Wildman–Crippen MR) is 139 cm³/mol. The molecule has 0 aromatic carbocycles. The van der Waals surface area contributed by atoms with Crippen molar-refractivity contribution in [3.05, 3.63) is 12.2 Å². The van der Waals surface area contributed by atoms with Gasteiger partial charge in [-0.05, 0) is 135 Å². The number of aliphatic hydroxyl groups is 1. The van der Waals surface area contributed by atoms with E-state index in [-0.39, 0.29) is 5.60 Å². The molecule has 0 spiro atoms. The van der Waals surface area contributed by atoms with Gasteiger partial charge in [-0.2, -0.15) is 5.26 Å². The number of allylic oxidation sites excluding steroid dienone is 2. The van der Waals surface area contributed by atoms with Crippen molar-refractivity contribution in [1.29, 1.82) is 5.26 Å². The maximum absolute atomic E-state index is 11.1. The fourth-order valence-corrected chi connectivity index (χ4v) is 10.3. The van der Waals surface area contributed by atoms with Crippen LogP contribution in [-0.2, 0) is 0 Å². The molecule has 4 aliphatic carbocycles. The molecule has 3 heteroatoms. The van der Waals surface area contributed by atoms with E-state index in [1.165, 1.54) is 51.4 Å². The highest BCUT2D eigenvalue weighted by Gasteiger charge is 2.61. The summed E-state index contributed by atoms with van der Waals surface area (Å²) in [6.45, 7) is 10.8. The fourth-order valence-electron chi connectivity index (χ4n) is 10.3. The smallest absolute Gasteiger partial charge is 0.134 e. The van der Waals surface area contributed by atoms with Gasteiger partial charge < -0.3 is 5.11 Å². The third kappa shape index (κ3) is 4.01. The number of nitriles is 1. The molecule has 188 valence electrons. The van der Waals surface area contributed by atoms with Gasteiger partial charge >= 0.3 is 0 Å². The topological polar surface area (TPSA) is 56.4 Å². The molecule has 0 aromatic heterocycles. The Kier molecular flexibility index (Phi) is 6.54. The molecule has 1 N–H and O–H groups in total. The second kappa shape index (κ2) is 9.06. The lowest BCUT2D eigenvalue weighted by molar-refractivity contribution is -0.152. The van der Waals surface area contributed by atoms with Gasteiger partial charge in [0, 0.05) is 6.54 Å². The summed E-state index contributed by atoms with van der Waals surface area (Å²) in [6.07, 6.45) is 19.3. The molecule has 5 aliphatic rings. The Hall–Kier alpha value is -1.14. The fraction of sp³-hybridized carbons (Fsp3) is 0.871. The minimum atomic E-state index is -0.389.